The Hall–Kier alpha value is -5.92. The molecule has 20 heteroatoms. The zero-order valence-corrected chi connectivity index (χ0v) is 27.4. The molecule has 2 heterocycles. The summed E-state index contributed by atoms with van der Waals surface area (Å²) in [5.74, 6) is -3.40. The van der Waals surface area contributed by atoms with Gasteiger partial charge in [-0.05, 0) is 49.4 Å². The Balaban J connectivity index is 0.000000564. The normalized spacial score (nSPS) is 13.8. The third kappa shape index (κ3) is 16.2. The van der Waals surface area contributed by atoms with Gasteiger partial charge in [0.2, 0.25) is 11.9 Å². The van der Waals surface area contributed by atoms with Crippen molar-refractivity contribution in [2.45, 2.75) is 31.2 Å². The number of benzene rings is 2. The van der Waals surface area contributed by atoms with Crippen LogP contribution in [0.1, 0.15) is 12.8 Å². The van der Waals surface area contributed by atoms with Crippen LogP contribution in [0, 0.1) is 0 Å². The predicted molar refractivity (Wildman–Crippen MR) is 176 cm³/mol. The first-order valence-electron chi connectivity index (χ1n) is 15.1. The van der Waals surface area contributed by atoms with Gasteiger partial charge in [0.05, 0.1) is 6.54 Å². The Labute approximate surface area is 292 Å². The van der Waals surface area contributed by atoms with Gasteiger partial charge in [-0.15, -0.1) is 0 Å². The minimum atomic E-state index is -5.08. The average molecular weight is 744 g/mol. The molecule has 52 heavy (non-hydrogen) atoms. The number of aliphatic imine (C=N–C) groups is 1. The van der Waals surface area contributed by atoms with Crippen LogP contribution in [0.2, 0.25) is 0 Å². The van der Waals surface area contributed by atoms with Crippen LogP contribution >= 0.6 is 0 Å². The molecule has 2 aromatic carbocycles. The number of carboxylic acids is 2. The number of para-hydroxylation sites is 1. The highest BCUT2D eigenvalue weighted by atomic mass is 19.4. The molecule has 1 aliphatic rings. The third-order valence-electron chi connectivity index (χ3n) is 6.41. The van der Waals surface area contributed by atoms with Gasteiger partial charge in [-0.2, -0.15) is 26.3 Å². The lowest BCUT2D eigenvalue weighted by Gasteiger charge is -2.29. The van der Waals surface area contributed by atoms with E-state index in [1.807, 2.05) is 60.7 Å². The molecule has 0 bridgehead atoms. The van der Waals surface area contributed by atoms with Gasteiger partial charge < -0.3 is 35.8 Å². The second-order valence-electron chi connectivity index (χ2n) is 10.4. The summed E-state index contributed by atoms with van der Waals surface area (Å²) in [7, 11) is 1.64. The predicted octanol–water partition coefficient (Wildman–Crippen LogP) is 4.35. The summed E-state index contributed by atoms with van der Waals surface area (Å²) in [6.07, 6.45) is -7.33. The number of rotatable bonds is 12. The lowest BCUT2D eigenvalue weighted by atomic mass is 10.2. The number of hydrogen-bond acceptors (Lipinski definition) is 10. The van der Waals surface area contributed by atoms with Crippen LogP contribution < -0.4 is 26.0 Å². The fourth-order valence-corrected chi connectivity index (χ4v) is 3.84. The van der Waals surface area contributed by atoms with Gasteiger partial charge in [0, 0.05) is 44.5 Å². The number of amides is 2. The van der Waals surface area contributed by atoms with Crippen molar-refractivity contribution < 1.29 is 60.5 Å². The van der Waals surface area contributed by atoms with Crippen LogP contribution in [0.15, 0.2) is 84.0 Å². The van der Waals surface area contributed by atoms with Gasteiger partial charge in [0.25, 0.3) is 5.91 Å². The minimum Gasteiger partial charge on any atom is -0.475 e. The number of likely N-dealkylation sites (N-methyl/N-ethyl adjacent to an activating group) is 1. The van der Waals surface area contributed by atoms with Crippen molar-refractivity contribution in [2.24, 2.45) is 4.99 Å². The van der Waals surface area contributed by atoms with Crippen LogP contribution in [0.25, 0.3) is 0 Å². The van der Waals surface area contributed by atoms with E-state index < -0.39 is 30.3 Å². The summed E-state index contributed by atoms with van der Waals surface area (Å²) in [5.41, 5.74) is 0.988. The monoisotopic (exact) mass is 743 g/mol. The number of guanidine groups is 1. The molecule has 282 valence electrons. The number of carboxylic acid groups (broad SMARTS) is 2. The summed E-state index contributed by atoms with van der Waals surface area (Å²) in [6.45, 7) is 2.28. The maximum Gasteiger partial charge on any atom is 0.490 e. The van der Waals surface area contributed by atoms with Gasteiger partial charge in [0.1, 0.15) is 23.4 Å². The Kier molecular flexibility index (Phi) is 16.8. The largest absolute Gasteiger partial charge is 0.490 e. The first-order valence-corrected chi connectivity index (χ1v) is 15.1. The van der Waals surface area contributed by atoms with Crippen molar-refractivity contribution in [3.05, 3.63) is 79.0 Å². The molecule has 1 aromatic heterocycles. The minimum absolute atomic E-state index is 0.109. The highest BCUT2D eigenvalue weighted by Gasteiger charge is 2.39. The number of pyridine rings is 1. The fraction of sp³-hybridized carbons (Fsp3) is 0.312. The molecule has 0 radical (unpaired) electrons. The molecular formula is C32H35F6N7O7. The number of carbonyl (C=O) groups excluding carboxylic acids is 2. The van der Waals surface area contributed by atoms with Gasteiger partial charge in [-0.25, -0.2) is 19.6 Å². The summed E-state index contributed by atoms with van der Waals surface area (Å²) in [6, 6.07) is 22.3. The molecule has 0 spiro atoms. The Morgan fingerprint density at radius 1 is 0.885 bits per heavy atom. The van der Waals surface area contributed by atoms with Crippen LogP contribution in [-0.4, -0.2) is 101 Å². The zero-order valence-electron chi connectivity index (χ0n) is 27.4. The first-order chi connectivity index (χ1) is 24.5. The molecule has 6 N–H and O–H groups in total. The van der Waals surface area contributed by atoms with Crippen LogP contribution in [0.4, 0.5) is 37.8 Å². The molecule has 3 aromatic rings. The molecular weight excluding hydrogens is 708 g/mol. The molecule has 4 rings (SSSR count). The second-order valence-corrected chi connectivity index (χ2v) is 10.4. The molecule has 14 nitrogen and oxygen atoms in total. The van der Waals surface area contributed by atoms with Crippen molar-refractivity contribution in [3.63, 3.8) is 0 Å². The number of aliphatic carboxylic acids is 2. The molecule has 2 amide bonds. The van der Waals surface area contributed by atoms with Crippen molar-refractivity contribution in [1.29, 1.82) is 0 Å². The number of anilines is 2. The number of nitrogens with zero attached hydrogens (tertiary/aromatic N) is 3. The number of alkyl halides is 6. The van der Waals surface area contributed by atoms with Crippen molar-refractivity contribution in [1.82, 2.24) is 20.5 Å². The van der Waals surface area contributed by atoms with Crippen LogP contribution in [0.3, 0.4) is 0 Å². The van der Waals surface area contributed by atoms with E-state index in [0.29, 0.717) is 24.7 Å². The number of carbonyl (C=O) groups is 4. The molecule has 0 saturated carbocycles. The van der Waals surface area contributed by atoms with Crippen molar-refractivity contribution >= 4 is 41.2 Å². The number of aromatic nitrogens is 1. The fourth-order valence-electron chi connectivity index (χ4n) is 3.84. The number of hydrogen-bond donors (Lipinski definition) is 6. The summed E-state index contributed by atoms with van der Waals surface area (Å²) in [4.78, 5) is 52.9. The van der Waals surface area contributed by atoms with E-state index in [9.17, 15) is 35.9 Å². The van der Waals surface area contributed by atoms with Crippen LogP contribution in [-0.2, 0) is 19.2 Å². The summed E-state index contributed by atoms with van der Waals surface area (Å²) < 4.78 is 69.3. The first kappa shape index (κ1) is 42.2. The van der Waals surface area contributed by atoms with Crippen LogP contribution in [0.5, 0.6) is 11.5 Å². The standard InChI is InChI=1S/C28H33N7O3.2C2HF3O2/c1-35(24-20-32-28(34-27(24)37)33-25-13-5-6-16-31-25)26(36)14-18-29-15-8-17-30-21-9-7-12-23(19-21)38-22-10-3-2-4-11-22;2*3-2(4,5)1(6)7/h2-7,9-13,16,19,24,29-30H,8,14-15,17-18,20H2,1H3,(H2,31,32,33,34,37);2*(H,6,7). The van der Waals surface area contributed by atoms with E-state index in [-0.39, 0.29) is 18.4 Å². The topological polar surface area (TPSA) is 195 Å². The molecule has 1 aliphatic heterocycles. The quantitative estimate of drug-likeness (QED) is 0.114. The molecule has 0 saturated heterocycles. The average Bonchev–Trinajstić information content (AvgIpc) is 3.08. The van der Waals surface area contributed by atoms with Crippen molar-refractivity contribution in [3.8, 4) is 11.5 Å². The Bertz CT molecular complexity index is 1610. The lowest BCUT2D eigenvalue weighted by Crippen LogP contribution is -2.55. The summed E-state index contributed by atoms with van der Waals surface area (Å²) >= 11 is 0. The number of ether oxygens (including phenoxy) is 1. The highest BCUT2D eigenvalue weighted by molar-refractivity contribution is 6.07. The second kappa shape index (κ2) is 20.7. The summed E-state index contributed by atoms with van der Waals surface area (Å²) in [5, 5.41) is 26.6. The SMILES string of the molecule is CN(C(=O)CCNCCCNc1cccc(Oc2ccccc2)c1)C1CN=C(Nc2ccccn2)NC1=O.O=C(O)C(F)(F)F.O=C(O)C(F)(F)F. The molecule has 0 fully saturated rings. The van der Waals surface area contributed by atoms with E-state index in [0.717, 1.165) is 36.7 Å². The lowest BCUT2D eigenvalue weighted by molar-refractivity contribution is -0.193. The van der Waals surface area contributed by atoms with E-state index >= 15 is 0 Å². The van der Waals surface area contributed by atoms with Gasteiger partial charge in [-0.1, -0.05) is 30.3 Å². The maximum absolute atomic E-state index is 12.6. The van der Waals surface area contributed by atoms with E-state index in [4.69, 9.17) is 24.5 Å². The van der Waals surface area contributed by atoms with E-state index in [1.165, 1.54) is 4.90 Å². The number of nitrogens with one attached hydrogen (secondary N) is 4. The molecule has 1 unspecified atom stereocenters. The molecule has 0 aliphatic carbocycles. The van der Waals surface area contributed by atoms with Crippen molar-refractivity contribution in [2.75, 3.05) is 43.9 Å². The maximum atomic E-state index is 12.6. The Morgan fingerprint density at radius 3 is 2.08 bits per heavy atom. The van der Waals surface area contributed by atoms with E-state index in [1.54, 1.807) is 25.4 Å². The van der Waals surface area contributed by atoms with Gasteiger partial charge >= 0.3 is 24.3 Å². The number of halogens is 6. The van der Waals surface area contributed by atoms with E-state index in [2.05, 4.69) is 31.2 Å². The molecule has 1 atom stereocenters. The third-order valence-corrected chi connectivity index (χ3v) is 6.41. The van der Waals surface area contributed by atoms with Gasteiger partial charge in [-0.3, -0.25) is 14.9 Å². The zero-order chi connectivity index (χ0) is 38.7. The smallest absolute Gasteiger partial charge is 0.475 e. The van der Waals surface area contributed by atoms with Gasteiger partial charge in [0.15, 0.2) is 0 Å². The highest BCUT2D eigenvalue weighted by Crippen LogP contribution is 2.23. The Morgan fingerprint density at radius 2 is 1.50 bits per heavy atom.